The van der Waals surface area contributed by atoms with Gasteiger partial charge in [-0.1, -0.05) is 31.2 Å². The minimum absolute atomic E-state index is 0.0705. The number of benzene rings is 2. The Hall–Kier alpha value is -2.75. The van der Waals surface area contributed by atoms with E-state index in [1.165, 1.54) is 12.1 Å². The van der Waals surface area contributed by atoms with Crippen molar-refractivity contribution in [2.24, 2.45) is 0 Å². The molecule has 3 N–H and O–H groups in total. The number of hydrogen-bond donors (Lipinski definition) is 3. The van der Waals surface area contributed by atoms with E-state index in [0.29, 0.717) is 16.5 Å². The van der Waals surface area contributed by atoms with E-state index in [4.69, 9.17) is 9.83 Å². The quantitative estimate of drug-likeness (QED) is 0.638. The lowest BCUT2D eigenvalue weighted by Crippen LogP contribution is -2.04. The van der Waals surface area contributed by atoms with Gasteiger partial charge < -0.3 is 14.6 Å². The maximum atomic E-state index is 10.0. The summed E-state index contributed by atoms with van der Waals surface area (Å²) in [6, 6.07) is 12.2. The monoisotopic (exact) mass is 281 g/mol. The number of phenols is 1. The van der Waals surface area contributed by atoms with Crippen molar-refractivity contribution in [3.05, 3.63) is 59.2 Å². The van der Waals surface area contributed by atoms with Crippen LogP contribution in [-0.2, 0) is 6.42 Å². The molecular formula is C17H15NO3. The van der Waals surface area contributed by atoms with E-state index in [9.17, 15) is 10.2 Å². The summed E-state index contributed by atoms with van der Waals surface area (Å²) in [4.78, 5) is 0. The van der Waals surface area contributed by atoms with Crippen molar-refractivity contribution in [2.45, 2.75) is 13.3 Å². The molecule has 2 aromatic carbocycles. The van der Waals surface area contributed by atoms with Crippen LogP contribution in [0.15, 0.2) is 46.9 Å². The predicted molar refractivity (Wildman–Crippen MR) is 81.3 cm³/mol. The first kappa shape index (κ1) is 13.2. The number of hydrogen-bond acceptors (Lipinski definition) is 4. The van der Waals surface area contributed by atoms with E-state index in [0.717, 1.165) is 17.5 Å². The summed E-state index contributed by atoms with van der Waals surface area (Å²) < 4.78 is 5.27. The molecule has 1 aromatic heterocycles. The molecule has 0 fully saturated rings. The summed E-state index contributed by atoms with van der Waals surface area (Å²) in [6.45, 7) is 2.02. The molecule has 106 valence electrons. The second-order valence-corrected chi connectivity index (χ2v) is 4.85. The average Bonchev–Trinajstić information content (AvgIpc) is 2.81. The van der Waals surface area contributed by atoms with E-state index in [2.05, 4.69) is 0 Å². The van der Waals surface area contributed by atoms with Gasteiger partial charge in [-0.3, -0.25) is 5.41 Å². The molecule has 0 spiro atoms. The molecule has 0 aliphatic rings. The van der Waals surface area contributed by atoms with E-state index < -0.39 is 0 Å². The summed E-state index contributed by atoms with van der Waals surface area (Å²) in [6.07, 6.45) is 0.792. The lowest BCUT2D eigenvalue weighted by molar-refractivity contribution is 0.345. The van der Waals surface area contributed by atoms with Crippen LogP contribution in [0.4, 0.5) is 0 Å². The lowest BCUT2D eigenvalue weighted by Gasteiger charge is -2.08. The summed E-state index contributed by atoms with van der Waals surface area (Å²) >= 11 is 0. The molecule has 0 amide bonds. The van der Waals surface area contributed by atoms with Gasteiger partial charge in [0.1, 0.15) is 11.3 Å². The van der Waals surface area contributed by atoms with Crippen LogP contribution in [-0.4, -0.2) is 15.9 Å². The smallest absolute Gasteiger partial charge is 0.292 e. The van der Waals surface area contributed by atoms with E-state index in [-0.39, 0.29) is 17.4 Å². The van der Waals surface area contributed by atoms with Crippen LogP contribution < -0.4 is 0 Å². The molecule has 0 radical (unpaired) electrons. The maximum absolute atomic E-state index is 10.0. The van der Waals surface area contributed by atoms with Crippen LogP contribution >= 0.6 is 0 Å². The molecule has 0 saturated carbocycles. The number of phenolic OH excluding ortho intramolecular Hbond substituents is 1. The van der Waals surface area contributed by atoms with Gasteiger partial charge >= 0.3 is 0 Å². The number of fused-ring (bicyclic) bond motifs is 1. The van der Waals surface area contributed by atoms with Gasteiger partial charge in [-0.25, -0.2) is 0 Å². The van der Waals surface area contributed by atoms with E-state index in [1.54, 1.807) is 6.07 Å². The number of aryl methyl sites for hydroxylation is 1. The van der Waals surface area contributed by atoms with Gasteiger partial charge in [0.25, 0.3) is 5.95 Å². The zero-order valence-corrected chi connectivity index (χ0v) is 11.6. The summed E-state index contributed by atoms with van der Waals surface area (Å²) in [5.41, 5.74) is 2.72. The van der Waals surface area contributed by atoms with Crippen molar-refractivity contribution in [3.63, 3.8) is 0 Å². The molecule has 0 aliphatic heterocycles. The Morgan fingerprint density at radius 3 is 2.67 bits per heavy atom. The summed E-state index contributed by atoms with van der Waals surface area (Å²) in [5.74, 6) is -0.229. The SMILES string of the molecule is CCc1ccccc1C(=N)c1c(O)oc2ccc(O)cc12. The third kappa shape index (κ3) is 2.14. The Morgan fingerprint density at radius 1 is 1.14 bits per heavy atom. The van der Waals surface area contributed by atoms with Crippen molar-refractivity contribution < 1.29 is 14.6 Å². The molecule has 3 rings (SSSR count). The predicted octanol–water partition coefficient (Wildman–Crippen LogP) is 3.82. The maximum Gasteiger partial charge on any atom is 0.292 e. The van der Waals surface area contributed by atoms with Crippen LogP contribution in [0.1, 0.15) is 23.6 Å². The molecule has 0 saturated heterocycles. The molecule has 1 heterocycles. The van der Waals surface area contributed by atoms with Gasteiger partial charge in [-0.15, -0.1) is 0 Å². The van der Waals surface area contributed by atoms with Crippen molar-refractivity contribution in [1.82, 2.24) is 0 Å². The molecule has 4 heteroatoms. The molecular weight excluding hydrogens is 266 g/mol. The van der Waals surface area contributed by atoms with Gasteiger partial charge in [-0.2, -0.15) is 0 Å². The summed E-state index contributed by atoms with van der Waals surface area (Å²) in [5, 5.41) is 28.6. The molecule has 0 unspecified atom stereocenters. The van der Waals surface area contributed by atoms with Crippen LogP contribution in [0.3, 0.4) is 0 Å². The van der Waals surface area contributed by atoms with Crippen molar-refractivity contribution >= 4 is 16.7 Å². The minimum atomic E-state index is -0.300. The van der Waals surface area contributed by atoms with E-state index in [1.807, 2.05) is 31.2 Å². The van der Waals surface area contributed by atoms with Gasteiger partial charge in [-0.05, 0) is 30.2 Å². The highest BCUT2D eigenvalue weighted by molar-refractivity contribution is 6.19. The fourth-order valence-corrected chi connectivity index (χ4v) is 2.52. The Balaban J connectivity index is 2.22. The number of rotatable bonds is 3. The Bertz CT molecular complexity index is 833. The normalized spacial score (nSPS) is 10.9. The van der Waals surface area contributed by atoms with Crippen LogP contribution in [0.5, 0.6) is 11.7 Å². The standard InChI is InChI=1S/C17H15NO3/c1-2-10-5-3-4-6-12(10)16(18)15-13-9-11(19)7-8-14(13)21-17(15)20/h3-9,18-20H,2H2,1H3. The highest BCUT2D eigenvalue weighted by atomic mass is 16.5. The van der Waals surface area contributed by atoms with Gasteiger partial charge in [0, 0.05) is 10.9 Å². The highest BCUT2D eigenvalue weighted by Crippen LogP contribution is 2.35. The molecule has 0 atom stereocenters. The van der Waals surface area contributed by atoms with E-state index >= 15 is 0 Å². The third-order valence-electron chi connectivity index (χ3n) is 3.57. The Labute approximate surface area is 121 Å². The molecule has 0 aliphatic carbocycles. The largest absolute Gasteiger partial charge is 0.508 e. The first-order valence-electron chi connectivity index (χ1n) is 6.73. The topological polar surface area (TPSA) is 77.5 Å². The van der Waals surface area contributed by atoms with Crippen molar-refractivity contribution in [1.29, 1.82) is 5.41 Å². The number of aromatic hydroxyl groups is 2. The molecule has 21 heavy (non-hydrogen) atoms. The Kier molecular flexibility index (Phi) is 3.14. The second kappa shape index (κ2) is 4.98. The molecule has 3 aromatic rings. The van der Waals surface area contributed by atoms with Crippen LogP contribution in [0.2, 0.25) is 0 Å². The first-order valence-corrected chi connectivity index (χ1v) is 6.73. The lowest BCUT2D eigenvalue weighted by atomic mass is 9.96. The number of nitrogens with one attached hydrogen (secondary N) is 1. The molecule has 4 nitrogen and oxygen atoms in total. The third-order valence-corrected chi connectivity index (χ3v) is 3.57. The summed E-state index contributed by atoms with van der Waals surface area (Å²) in [7, 11) is 0. The van der Waals surface area contributed by atoms with Gasteiger partial charge in [0.15, 0.2) is 0 Å². The number of furan rings is 1. The average molecular weight is 281 g/mol. The van der Waals surface area contributed by atoms with Crippen molar-refractivity contribution in [2.75, 3.05) is 0 Å². The Morgan fingerprint density at radius 2 is 1.90 bits per heavy atom. The minimum Gasteiger partial charge on any atom is -0.508 e. The van der Waals surface area contributed by atoms with Gasteiger partial charge in [0.2, 0.25) is 0 Å². The van der Waals surface area contributed by atoms with Crippen LogP contribution in [0.25, 0.3) is 11.0 Å². The van der Waals surface area contributed by atoms with Crippen molar-refractivity contribution in [3.8, 4) is 11.7 Å². The first-order chi connectivity index (χ1) is 10.1. The van der Waals surface area contributed by atoms with Crippen LogP contribution in [0, 0.1) is 5.41 Å². The fourth-order valence-electron chi connectivity index (χ4n) is 2.52. The highest BCUT2D eigenvalue weighted by Gasteiger charge is 2.20. The fraction of sp³-hybridized carbons (Fsp3) is 0.118. The van der Waals surface area contributed by atoms with Gasteiger partial charge in [0.05, 0.1) is 11.3 Å². The zero-order valence-electron chi connectivity index (χ0n) is 11.6. The zero-order chi connectivity index (χ0) is 15.0. The second-order valence-electron chi connectivity index (χ2n) is 4.85. The molecule has 0 bridgehead atoms.